The number of hydrogen-bond donors (Lipinski definition) is 1. The van der Waals surface area contributed by atoms with Crippen LogP contribution in [0.2, 0.25) is 19.1 Å². The van der Waals surface area contributed by atoms with E-state index in [9.17, 15) is 0 Å². The molecule has 0 saturated carbocycles. The summed E-state index contributed by atoms with van der Waals surface area (Å²) in [5.41, 5.74) is 0.179. The first-order valence-electron chi connectivity index (χ1n) is 5.76. The molecule has 1 aliphatic rings. The molecule has 0 aromatic heterocycles. The molecule has 1 fully saturated rings. The molecule has 0 aromatic rings. The van der Waals surface area contributed by atoms with Crippen LogP contribution in [0.3, 0.4) is 0 Å². The van der Waals surface area contributed by atoms with Crippen molar-refractivity contribution >= 4 is 24.9 Å². The minimum atomic E-state index is -0.943. The fourth-order valence-electron chi connectivity index (χ4n) is 2.61. The van der Waals surface area contributed by atoms with Gasteiger partial charge in [0.25, 0.3) is 0 Å². The maximum atomic E-state index is 6.24. The first-order chi connectivity index (χ1) is 6.35. The Hall–Kier alpha value is 0.571. The minimum Gasteiger partial charge on any atom is -0.405 e. The van der Waals surface area contributed by atoms with Crippen LogP contribution in [0, 0.1) is 0 Å². The van der Waals surface area contributed by atoms with E-state index in [1.165, 1.54) is 19.0 Å². The maximum absolute atomic E-state index is 6.24. The molecule has 1 aliphatic heterocycles. The lowest BCUT2D eigenvalue weighted by molar-refractivity contribution is 0.127. The molecule has 0 radical (unpaired) electrons. The van der Waals surface area contributed by atoms with E-state index in [-0.39, 0.29) is 14.2 Å². The van der Waals surface area contributed by atoms with Gasteiger partial charge in [0, 0.05) is 13.2 Å². The third-order valence-electron chi connectivity index (χ3n) is 2.73. The van der Waals surface area contributed by atoms with E-state index >= 15 is 0 Å². The fraction of sp³-hybridized carbons (Fsp3) is 1.00. The highest BCUT2D eigenvalue weighted by molar-refractivity contribution is 7.46. The largest absolute Gasteiger partial charge is 0.405 e. The van der Waals surface area contributed by atoms with Gasteiger partial charge >= 0.3 is 0 Å². The number of hydrogen-bond acceptors (Lipinski definition) is 2. The van der Waals surface area contributed by atoms with Crippen LogP contribution in [0.25, 0.3) is 0 Å². The standard InChI is InChI=1S/C9H25NOSi3/c1-6-7-10-13-11-9(2,3)8-14(4,5)12-13/h10,13H,6-8,12H2,1-5H3. The molecular formula is C9H25NOSi3. The van der Waals surface area contributed by atoms with Crippen molar-refractivity contribution in [1.29, 1.82) is 0 Å². The summed E-state index contributed by atoms with van der Waals surface area (Å²) in [6, 6.07) is 1.38. The molecule has 1 unspecified atom stereocenters. The van der Waals surface area contributed by atoms with Crippen LogP contribution in [-0.4, -0.2) is 37.0 Å². The van der Waals surface area contributed by atoms with E-state index in [1.807, 2.05) is 0 Å². The van der Waals surface area contributed by atoms with Gasteiger partial charge in [-0.05, 0) is 32.9 Å². The van der Waals surface area contributed by atoms with Gasteiger partial charge in [-0.1, -0.05) is 20.0 Å². The molecule has 5 heteroatoms. The second-order valence-corrected chi connectivity index (χ2v) is 25.4. The Labute approximate surface area is 93.0 Å². The highest BCUT2D eigenvalue weighted by Gasteiger charge is 2.41. The van der Waals surface area contributed by atoms with Gasteiger partial charge in [0.05, 0.1) is 8.55 Å². The molecular weight excluding hydrogens is 222 g/mol. The zero-order valence-corrected chi connectivity index (χ0v) is 13.9. The van der Waals surface area contributed by atoms with Crippen LogP contribution >= 0.6 is 0 Å². The summed E-state index contributed by atoms with van der Waals surface area (Å²) < 4.78 is 6.24. The van der Waals surface area contributed by atoms with Crippen LogP contribution in [0.4, 0.5) is 0 Å². The molecule has 1 rings (SSSR count). The highest BCUT2D eigenvalue weighted by atomic mass is 29.6. The van der Waals surface area contributed by atoms with Crippen molar-refractivity contribution in [2.45, 2.75) is 51.9 Å². The summed E-state index contributed by atoms with van der Waals surface area (Å²) in [5, 5.41) is 0. The molecule has 0 bridgehead atoms. The van der Waals surface area contributed by atoms with Crippen LogP contribution in [0.15, 0.2) is 0 Å². The molecule has 0 amide bonds. The number of rotatable bonds is 3. The molecule has 14 heavy (non-hydrogen) atoms. The molecule has 1 saturated heterocycles. The molecule has 1 heterocycles. The Morgan fingerprint density at radius 2 is 2.14 bits per heavy atom. The van der Waals surface area contributed by atoms with E-state index in [1.54, 1.807) is 0 Å². The first kappa shape index (κ1) is 12.6. The smallest absolute Gasteiger partial charge is 0.226 e. The summed E-state index contributed by atoms with van der Waals surface area (Å²) in [7, 11) is -1.66. The van der Waals surface area contributed by atoms with Crippen molar-refractivity contribution in [3.8, 4) is 0 Å². The van der Waals surface area contributed by atoms with Gasteiger partial charge in [0.1, 0.15) is 0 Å². The summed E-state index contributed by atoms with van der Waals surface area (Å²) in [5.74, 6) is 0. The van der Waals surface area contributed by atoms with E-state index in [0.717, 1.165) is 0 Å². The van der Waals surface area contributed by atoms with Gasteiger partial charge < -0.3 is 9.41 Å². The normalized spacial score (nSPS) is 31.9. The zero-order chi connectivity index (χ0) is 10.8. The van der Waals surface area contributed by atoms with Gasteiger partial charge in [-0.25, -0.2) is 0 Å². The molecule has 2 nitrogen and oxygen atoms in total. The Kier molecular flexibility index (Phi) is 4.16. The van der Waals surface area contributed by atoms with E-state index in [2.05, 4.69) is 38.8 Å². The summed E-state index contributed by atoms with van der Waals surface area (Å²) >= 11 is 0. The topological polar surface area (TPSA) is 21.3 Å². The fourth-order valence-corrected chi connectivity index (χ4v) is 28.4. The van der Waals surface area contributed by atoms with Crippen molar-refractivity contribution < 1.29 is 4.43 Å². The van der Waals surface area contributed by atoms with Crippen LogP contribution < -0.4 is 4.98 Å². The lowest BCUT2D eigenvalue weighted by Crippen LogP contribution is -2.63. The zero-order valence-electron chi connectivity index (χ0n) is 10.3. The van der Waals surface area contributed by atoms with E-state index in [0.29, 0.717) is 0 Å². The van der Waals surface area contributed by atoms with Crippen LogP contribution in [0.1, 0.15) is 27.2 Å². The average molecular weight is 248 g/mol. The van der Waals surface area contributed by atoms with Crippen molar-refractivity contribution in [1.82, 2.24) is 4.98 Å². The highest BCUT2D eigenvalue weighted by Crippen LogP contribution is 2.28. The Morgan fingerprint density at radius 1 is 1.50 bits per heavy atom. The maximum Gasteiger partial charge on any atom is 0.226 e. The van der Waals surface area contributed by atoms with E-state index in [4.69, 9.17) is 4.43 Å². The van der Waals surface area contributed by atoms with Gasteiger partial charge in [0.15, 0.2) is 0 Å². The average Bonchev–Trinajstić information content (AvgIpc) is 1.94. The predicted molar refractivity (Wildman–Crippen MR) is 71.4 cm³/mol. The van der Waals surface area contributed by atoms with Crippen LogP contribution in [0.5, 0.6) is 0 Å². The Morgan fingerprint density at radius 3 is 2.64 bits per heavy atom. The van der Waals surface area contributed by atoms with Gasteiger partial charge in [-0.2, -0.15) is 0 Å². The predicted octanol–water partition coefficient (Wildman–Crippen LogP) is 0.886. The second-order valence-electron chi connectivity index (χ2n) is 5.87. The molecule has 0 aliphatic carbocycles. The summed E-state index contributed by atoms with van der Waals surface area (Å²) in [6.45, 7) is 13.1. The van der Waals surface area contributed by atoms with Crippen LogP contribution in [-0.2, 0) is 4.43 Å². The molecule has 1 atom stereocenters. The number of nitrogens with one attached hydrogen (secondary N) is 1. The van der Waals surface area contributed by atoms with Gasteiger partial charge in [-0.3, -0.25) is 0 Å². The molecule has 0 spiro atoms. The molecule has 1 N–H and O–H groups in total. The lowest BCUT2D eigenvalue weighted by Gasteiger charge is -2.43. The molecule has 84 valence electrons. The van der Waals surface area contributed by atoms with Crippen molar-refractivity contribution in [3.05, 3.63) is 0 Å². The SMILES string of the molecule is CCCN[SiH]1OC(C)(C)C[Si](C)(C)[SiH2]1. The summed E-state index contributed by atoms with van der Waals surface area (Å²) in [4.78, 5) is 3.70. The molecule has 0 aromatic carbocycles. The summed E-state index contributed by atoms with van der Waals surface area (Å²) in [6.07, 6.45) is 1.24. The van der Waals surface area contributed by atoms with Gasteiger partial charge in [-0.15, -0.1) is 0 Å². The minimum absolute atomic E-state index is 0.106. The first-order valence-corrected chi connectivity index (χ1v) is 15.6. The Balaban J connectivity index is 2.53. The lowest BCUT2D eigenvalue weighted by atomic mass is 10.2. The third kappa shape index (κ3) is 3.98. The van der Waals surface area contributed by atoms with E-state index < -0.39 is 16.3 Å². The van der Waals surface area contributed by atoms with Gasteiger partial charge in [0.2, 0.25) is 8.72 Å². The Bertz CT molecular complexity index is 180. The second kappa shape index (κ2) is 4.61. The monoisotopic (exact) mass is 247 g/mol. The third-order valence-corrected chi connectivity index (χ3v) is 27.5. The van der Waals surface area contributed by atoms with Crippen molar-refractivity contribution in [2.75, 3.05) is 6.54 Å². The quantitative estimate of drug-likeness (QED) is 0.748. The van der Waals surface area contributed by atoms with Crippen molar-refractivity contribution in [3.63, 3.8) is 0 Å². The van der Waals surface area contributed by atoms with Crippen molar-refractivity contribution in [2.24, 2.45) is 0 Å².